The quantitative estimate of drug-likeness (QED) is 0.861. The molecule has 3 nitrogen and oxygen atoms in total. The van der Waals surface area contributed by atoms with Crippen molar-refractivity contribution in [1.82, 2.24) is 0 Å². The lowest BCUT2D eigenvalue weighted by Gasteiger charge is -2.20. The summed E-state index contributed by atoms with van der Waals surface area (Å²) in [5.74, 6) is -0.423. The van der Waals surface area contributed by atoms with Gasteiger partial charge in [-0.1, -0.05) is 24.3 Å². The van der Waals surface area contributed by atoms with Gasteiger partial charge in [0.05, 0.1) is 17.6 Å². The number of rotatable bonds is 2. The molecule has 0 saturated heterocycles. The van der Waals surface area contributed by atoms with E-state index in [4.69, 9.17) is 5.73 Å². The Morgan fingerprint density at radius 2 is 1.90 bits per heavy atom. The molecular formula is C17H17FN2O. The van der Waals surface area contributed by atoms with Gasteiger partial charge < -0.3 is 10.6 Å². The lowest BCUT2D eigenvalue weighted by Crippen LogP contribution is -2.35. The average molecular weight is 284 g/mol. The molecule has 0 aromatic heterocycles. The van der Waals surface area contributed by atoms with E-state index in [0.717, 1.165) is 16.8 Å². The van der Waals surface area contributed by atoms with Crippen LogP contribution in [0.1, 0.15) is 25.0 Å². The molecular weight excluding hydrogens is 267 g/mol. The minimum Gasteiger partial charge on any atom is -0.396 e. The summed E-state index contributed by atoms with van der Waals surface area (Å²) in [5.41, 5.74) is 7.68. The van der Waals surface area contributed by atoms with E-state index in [-0.39, 0.29) is 11.6 Å². The molecule has 0 fully saturated rings. The smallest absolute Gasteiger partial charge is 0.237 e. The first kappa shape index (κ1) is 13.6. The van der Waals surface area contributed by atoms with Gasteiger partial charge in [-0.2, -0.15) is 0 Å². The number of para-hydroxylation sites is 1. The maximum absolute atomic E-state index is 13.6. The molecule has 0 aliphatic carbocycles. The summed E-state index contributed by atoms with van der Waals surface area (Å²) in [5, 5.41) is 0. The summed E-state index contributed by atoms with van der Waals surface area (Å²) >= 11 is 0. The Hall–Kier alpha value is -2.36. The zero-order valence-corrected chi connectivity index (χ0v) is 12.1. The third-order valence-electron chi connectivity index (χ3n) is 4.05. The summed E-state index contributed by atoms with van der Waals surface area (Å²) in [7, 11) is 0. The van der Waals surface area contributed by atoms with E-state index in [9.17, 15) is 9.18 Å². The van der Waals surface area contributed by atoms with Crippen LogP contribution in [0.25, 0.3) is 0 Å². The Morgan fingerprint density at radius 3 is 2.62 bits per heavy atom. The van der Waals surface area contributed by atoms with Crippen molar-refractivity contribution in [2.24, 2.45) is 0 Å². The number of halogens is 1. The number of anilines is 2. The first-order valence-corrected chi connectivity index (χ1v) is 6.86. The summed E-state index contributed by atoms with van der Waals surface area (Å²) < 4.78 is 13.6. The molecule has 3 rings (SSSR count). The van der Waals surface area contributed by atoms with Crippen LogP contribution in [0, 0.1) is 5.82 Å². The molecule has 0 bridgehead atoms. The zero-order valence-electron chi connectivity index (χ0n) is 12.1. The Labute approximate surface area is 123 Å². The molecule has 0 atom stereocenters. The van der Waals surface area contributed by atoms with E-state index in [1.54, 1.807) is 11.0 Å². The Balaban J connectivity index is 1.99. The van der Waals surface area contributed by atoms with Crippen LogP contribution in [-0.2, 0) is 16.8 Å². The lowest BCUT2D eigenvalue weighted by atomic mass is 9.86. The normalized spacial score (nSPS) is 16.1. The van der Waals surface area contributed by atoms with E-state index in [2.05, 4.69) is 0 Å². The highest BCUT2D eigenvalue weighted by atomic mass is 19.1. The molecule has 0 spiro atoms. The van der Waals surface area contributed by atoms with Crippen molar-refractivity contribution in [3.8, 4) is 0 Å². The maximum atomic E-state index is 13.6. The zero-order chi connectivity index (χ0) is 15.2. The van der Waals surface area contributed by atoms with Crippen LogP contribution < -0.4 is 10.6 Å². The van der Waals surface area contributed by atoms with E-state index in [1.807, 2.05) is 38.1 Å². The predicted molar refractivity (Wildman–Crippen MR) is 81.5 cm³/mol. The number of nitrogens with zero attached hydrogens (tertiary/aromatic N) is 1. The van der Waals surface area contributed by atoms with Crippen LogP contribution in [0.4, 0.5) is 15.8 Å². The van der Waals surface area contributed by atoms with Crippen molar-refractivity contribution in [2.75, 3.05) is 10.6 Å². The van der Waals surface area contributed by atoms with Gasteiger partial charge in [-0.05, 0) is 43.2 Å². The van der Waals surface area contributed by atoms with Crippen molar-refractivity contribution >= 4 is 17.3 Å². The summed E-state index contributed by atoms with van der Waals surface area (Å²) in [6, 6.07) is 12.4. The highest BCUT2D eigenvalue weighted by Gasteiger charge is 2.43. The Bertz CT molecular complexity index is 724. The molecule has 0 unspecified atom stereocenters. The number of hydrogen-bond acceptors (Lipinski definition) is 2. The topological polar surface area (TPSA) is 46.3 Å². The predicted octanol–water partition coefficient (Wildman–Crippen LogP) is 3.23. The average Bonchev–Trinajstić information content (AvgIpc) is 2.65. The number of fused-ring (bicyclic) bond motifs is 1. The molecule has 1 amide bonds. The summed E-state index contributed by atoms with van der Waals surface area (Å²) in [4.78, 5) is 14.4. The standard InChI is InChI=1S/C17H17FN2O/c1-17(2)12-5-3-4-6-15(12)20(16(17)21)10-11-7-8-14(19)13(18)9-11/h3-9H,10,19H2,1-2H3. The number of hydrogen-bond donors (Lipinski definition) is 1. The van der Waals surface area contributed by atoms with Gasteiger partial charge >= 0.3 is 0 Å². The van der Waals surface area contributed by atoms with Crippen LogP contribution in [0.3, 0.4) is 0 Å². The van der Waals surface area contributed by atoms with E-state index < -0.39 is 11.2 Å². The van der Waals surface area contributed by atoms with Gasteiger partial charge in [-0.3, -0.25) is 4.79 Å². The van der Waals surface area contributed by atoms with Crippen molar-refractivity contribution in [3.05, 3.63) is 59.4 Å². The Kier molecular flexibility index (Phi) is 2.97. The van der Waals surface area contributed by atoms with Gasteiger partial charge in [0.2, 0.25) is 5.91 Å². The van der Waals surface area contributed by atoms with E-state index in [0.29, 0.717) is 6.54 Å². The number of benzene rings is 2. The third-order valence-corrected chi connectivity index (χ3v) is 4.05. The molecule has 2 N–H and O–H groups in total. The molecule has 1 aliphatic rings. The fourth-order valence-electron chi connectivity index (χ4n) is 2.81. The maximum Gasteiger partial charge on any atom is 0.237 e. The van der Waals surface area contributed by atoms with Crippen LogP contribution >= 0.6 is 0 Å². The van der Waals surface area contributed by atoms with Gasteiger partial charge in [-0.25, -0.2) is 4.39 Å². The third kappa shape index (κ3) is 2.07. The van der Waals surface area contributed by atoms with Crippen LogP contribution in [0.2, 0.25) is 0 Å². The van der Waals surface area contributed by atoms with E-state index >= 15 is 0 Å². The molecule has 2 aromatic carbocycles. The molecule has 1 aliphatic heterocycles. The van der Waals surface area contributed by atoms with Crippen LogP contribution in [-0.4, -0.2) is 5.91 Å². The molecule has 108 valence electrons. The second-order valence-electron chi connectivity index (χ2n) is 5.89. The number of nitrogen functional groups attached to an aromatic ring is 1. The number of carbonyl (C=O) groups excluding carboxylic acids is 1. The second-order valence-corrected chi connectivity index (χ2v) is 5.89. The molecule has 4 heteroatoms. The highest BCUT2D eigenvalue weighted by Crippen LogP contribution is 2.41. The van der Waals surface area contributed by atoms with Gasteiger partial charge in [0.15, 0.2) is 0 Å². The number of amides is 1. The summed E-state index contributed by atoms with van der Waals surface area (Å²) in [6.07, 6.45) is 0. The minimum atomic E-state index is -0.553. The SMILES string of the molecule is CC1(C)C(=O)N(Cc2ccc(N)c(F)c2)c2ccccc21. The van der Waals surface area contributed by atoms with Gasteiger partial charge in [0, 0.05) is 5.69 Å². The molecule has 21 heavy (non-hydrogen) atoms. The molecule has 2 aromatic rings. The monoisotopic (exact) mass is 284 g/mol. The fourth-order valence-corrected chi connectivity index (χ4v) is 2.81. The van der Waals surface area contributed by atoms with Crippen LogP contribution in [0.15, 0.2) is 42.5 Å². The highest BCUT2D eigenvalue weighted by molar-refractivity contribution is 6.07. The van der Waals surface area contributed by atoms with Crippen molar-refractivity contribution in [1.29, 1.82) is 0 Å². The first-order chi connectivity index (χ1) is 9.91. The number of nitrogens with two attached hydrogens (primary N) is 1. The number of carbonyl (C=O) groups is 1. The molecule has 0 saturated carbocycles. The molecule has 1 heterocycles. The second kappa shape index (κ2) is 4.58. The lowest BCUT2D eigenvalue weighted by molar-refractivity contribution is -0.122. The van der Waals surface area contributed by atoms with Crippen molar-refractivity contribution in [2.45, 2.75) is 25.8 Å². The Morgan fingerprint density at radius 1 is 1.19 bits per heavy atom. The van der Waals surface area contributed by atoms with Crippen molar-refractivity contribution in [3.63, 3.8) is 0 Å². The van der Waals surface area contributed by atoms with Crippen LogP contribution in [0.5, 0.6) is 0 Å². The molecule has 0 radical (unpaired) electrons. The minimum absolute atomic E-state index is 0.0286. The van der Waals surface area contributed by atoms with Gasteiger partial charge in [0.25, 0.3) is 0 Å². The first-order valence-electron chi connectivity index (χ1n) is 6.86. The largest absolute Gasteiger partial charge is 0.396 e. The van der Waals surface area contributed by atoms with Gasteiger partial charge in [0.1, 0.15) is 5.82 Å². The van der Waals surface area contributed by atoms with Crippen molar-refractivity contribution < 1.29 is 9.18 Å². The van der Waals surface area contributed by atoms with Gasteiger partial charge in [-0.15, -0.1) is 0 Å². The fraction of sp³-hybridized carbons (Fsp3) is 0.235. The summed E-state index contributed by atoms with van der Waals surface area (Å²) in [6.45, 7) is 4.17. The van der Waals surface area contributed by atoms with E-state index in [1.165, 1.54) is 12.1 Å².